The van der Waals surface area contributed by atoms with E-state index in [4.69, 9.17) is 40.2 Å². The Hall–Kier alpha value is -2.48. The molecule has 0 aliphatic rings. The van der Waals surface area contributed by atoms with Crippen molar-refractivity contribution in [3.05, 3.63) is 23.7 Å². The fourth-order valence-electron chi connectivity index (χ4n) is 1.43. The van der Waals surface area contributed by atoms with E-state index >= 15 is 0 Å². The average molecular weight is 422 g/mol. The Kier molecular flexibility index (Phi) is 16.3. The van der Waals surface area contributed by atoms with Crippen LogP contribution in [0.3, 0.4) is 0 Å². The van der Waals surface area contributed by atoms with E-state index in [1.165, 1.54) is 13.0 Å². The van der Waals surface area contributed by atoms with E-state index in [1.807, 2.05) is 0 Å². The largest absolute Gasteiger partial charge is 0.481 e. The molecule has 0 saturated carbocycles. The molecule has 0 aromatic carbocycles. The molecule has 1 heterocycles. The van der Waals surface area contributed by atoms with Gasteiger partial charge in [-0.3, -0.25) is 14.4 Å². The number of carbonyl (C=O) groups is 4. The molecule has 12 heteroatoms. The van der Waals surface area contributed by atoms with Crippen molar-refractivity contribution in [2.24, 2.45) is 0 Å². The number of rotatable bonds is 10. The highest BCUT2D eigenvalue weighted by molar-refractivity contribution is 5.84. The maximum atomic E-state index is 10.5. The number of carbonyl (C=O) groups excluding carboxylic acids is 3. The minimum atomic E-state index is -1.86. The van der Waals surface area contributed by atoms with Gasteiger partial charge in [0, 0.05) is 6.42 Å². The lowest BCUT2D eigenvalue weighted by atomic mass is 10.1. The lowest BCUT2D eigenvalue weighted by molar-refractivity contribution is -0.142. The molecule has 29 heavy (non-hydrogen) atoms. The second kappa shape index (κ2) is 16.5. The number of hydrogen-bond donors (Lipinski definition) is 7. The van der Waals surface area contributed by atoms with Crippen LogP contribution < -0.4 is 0 Å². The van der Waals surface area contributed by atoms with Gasteiger partial charge in [-0.15, -0.1) is 0 Å². The number of aliphatic carboxylic acids is 1. The summed E-state index contributed by atoms with van der Waals surface area (Å²) in [6, 6.07) is 3.07. The highest BCUT2D eigenvalue weighted by Crippen LogP contribution is 2.04. The molecule has 0 bridgehead atoms. The molecule has 0 spiro atoms. The Labute approximate surface area is 165 Å². The molecule has 3 atom stereocenters. The number of Topliss-reactive ketones (excluding diaryl/α,β-unsaturated/α-hetero) is 2. The van der Waals surface area contributed by atoms with Crippen LogP contribution in [0.2, 0.25) is 0 Å². The van der Waals surface area contributed by atoms with Gasteiger partial charge in [0.25, 0.3) is 0 Å². The number of ketones is 2. The van der Waals surface area contributed by atoms with E-state index in [0.29, 0.717) is 12.0 Å². The van der Waals surface area contributed by atoms with Gasteiger partial charge in [0.2, 0.25) is 0 Å². The fourth-order valence-corrected chi connectivity index (χ4v) is 1.43. The molecule has 0 fully saturated rings. The topological polar surface area (TPSA) is 223 Å². The van der Waals surface area contributed by atoms with Crippen molar-refractivity contribution in [2.75, 3.05) is 13.2 Å². The first kappa shape index (κ1) is 28.7. The highest BCUT2D eigenvalue weighted by atomic mass is 16.4. The molecule has 0 radical (unpaired) electrons. The number of aliphatic hydroxyl groups is 6. The summed E-state index contributed by atoms with van der Waals surface area (Å²) in [5.74, 6) is -1.33. The lowest BCUT2D eigenvalue weighted by Crippen LogP contribution is -2.44. The van der Waals surface area contributed by atoms with Crippen LogP contribution in [0.15, 0.2) is 16.5 Å². The summed E-state index contributed by atoms with van der Waals surface area (Å²) in [5.41, 5.74) is 0. The summed E-state index contributed by atoms with van der Waals surface area (Å²) in [6.45, 7) is -0.468. The zero-order valence-electron chi connectivity index (χ0n) is 15.7. The fraction of sp³-hybridized carbons (Fsp3) is 0.529. The number of hydrogen-bond acceptors (Lipinski definition) is 11. The van der Waals surface area contributed by atoms with Gasteiger partial charge >= 0.3 is 5.97 Å². The van der Waals surface area contributed by atoms with E-state index in [-0.39, 0.29) is 31.0 Å². The van der Waals surface area contributed by atoms with E-state index in [2.05, 4.69) is 0 Å². The molecule has 1 aromatic heterocycles. The molecular weight excluding hydrogens is 396 g/mol. The highest BCUT2D eigenvalue weighted by Gasteiger charge is 2.28. The number of carboxylic acids is 1. The monoisotopic (exact) mass is 422 g/mol. The second-order valence-electron chi connectivity index (χ2n) is 5.49. The van der Waals surface area contributed by atoms with Gasteiger partial charge in [-0.1, -0.05) is 0 Å². The van der Waals surface area contributed by atoms with Crippen molar-refractivity contribution in [2.45, 2.75) is 44.7 Å². The molecule has 166 valence electrons. The first-order valence-corrected chi connectivity index (χ1v) is 8.18. The summed E-state index contributed by atoms with van der Waals surface area (Å²) in [6.07, 6.45) is -4.52. The van der Waals surface area contributed by atoms with Crippen molar-refractivity contribution >= 4 is 23.8 Å². The Morgan fingerprint density at radius 3 is 1.93 bits per heavy atom. The van der Waals surface area contributed by atoms with Crippen molar-refractivity contribution in [1.29, 1.82) is 0 Å². The Bertz CT molecular complexity index is 610. The van der Waals surface area contributed by atoms with Crippen LogP contribution in [0.5, 0.6) is 0 Å². The molecule has 0 aliphatic carbocycles. The molecule has 1 aromatic rings. The van der Waals surface area contributed by atoms with Crippen LogP contribution in [-0.4, -0.2) is 91.1 Å². The van der Waals surface area contributed by atoms with Gasteiger partial charge < -0.3 is 45.0 Å². The molecular formula is C17H26O12. The van der Waals surface area contributed by atoms with Crippen LogP contribution in [0.4, 0.5) is 0 Å². The SMILES string of the molecule is CC(=O)CCC(=O)O.O=C(CO)C(O)C(O)C(O)CO.O=Cc1ccc(CO)o1. The van der Waals surface area contributed by atoms with Crippen molar-refractivity contribution in [3.63, 3.8) is 0 Å². The third kappa shape index (κ3) is 14.2. The first-order valence-electron chi connectivity index (χ1n) is 8.18. The van der Waals surface area contributed by atoms with Crippen molar-refractivity contribution in [3.8, 4) is 0 Å². The summed E-state index contributed by atoms with van der Waals surface area (Å²) < 4.78 is 4.76. The molecule has 1 rings (SSSR count). The van der Waals surface area contributed by atoms with E-state index in [0.717, 1.165) is 0 Å². The minimum Gasteiger partial charge on any atom is -0.481 e. The van der Waals surface area contributed by atoms with Crippen LogP contribution in [0, 0.1) is 0 Å². The predicted molar refractivity (Wildman–Crippen MR) is 94.8 cm³/mol. The zero-order chi connectivity index (χ0) is 23.0. The number of aliphatic hydroxyl groups excluding tert-OH is 6. The van der Waals surface area contributed by atoms with Crippen molar-refractivity contribution < 1.29 is 59.3 Å². The van der Waals surface area contributed by atoms with Gasteiger partial charge in [-0.2, -0.15) is 0 Å². The summed E-state index contributed by atoms with van der Waals surface area (Å²) in [5, 5.41) is 59.5. The Balaban J connectivity index is 0. The van der Waals surface area contributed by atoms with Crippen LogP contribution in [0.25, 0.3) is 0 Å². The van der Waals surface area contributed by atoms with E-state index in [1.54, 1.807) is 6.07 Å². The maximum Gasteiger partial charge on any atom is 0.303 e. The van der Waals surface area contributed by atoms with Gasteiger partial charge in [0.15, 0.2) is 17.8 Å². The van der Waals surface area contributed by atoms with Crippen LogP contribution in [0.1, 0.15) is 36.1 Å². The first-order chi connectivity index (χ1) is 13.5. The third-order valence-electron chi connectivity index (χ3n) is 3.04. The molecule has 0 amide bonds. The zero-order valence-corrected chi connectivity index (χ0v) is 15.7. The smallest absolute Gasteiger partial charge is 0.303 e. The number of aldehydes is 1. The third-order valence-corrected chi connectivity index (χ3v) is 3.04. The molecule has 0 saturated heterocycles. The molecule has 3 unspecified atom stereocenters. The van der Waals surface area contributed by atoms with E-state index in [9.17, 15) is 19.2 Å². The van der Waals surface area contributed by atoms with Crippen LogP contribution >= 0.6 is 0 Å². The van der Waals surface area contributed by atoms with Gasteiger partial charge in [0.1, 0.15) is 43.1 Å². The number of carboxylic acid groups (broad SMARTS) is 1. The molecule has 7 N–H and O–H groups in total. The summed E-state index contributed by atoms with van der Waals surface area (Å²) >= 11 is 0. The predicted octanol–water partition coefficient (Wildman–Crippen LogP) is -2.35. The number of furan rings is 1. The summed E-state index contributed by atoms with van der Waals surface area (Å²) in [7, 11) is 0. The Morgan fingerprint density at radius 1 is 1.07 bits per heavy atom. The van der Waals surface area contributed by atoms with E-state index < -0.39 is 43.3 Å². The quantitative estimate of drug-likeness (QED) is 0.197. The molecule has 0 aliphatic heterocycles. The minimum absolute atomic E-state index is 0.0463. The summed E-state index contributed by atoms with van der Waals surface area (Å²) in [4.78, 5) is 40.3. The second-order valence-corrected chi connectivity index (χ2v) is 5.49. The normalized spacial score (nSPS) is 12.9. The standard InChI is InChI=1S/C6H12O6.C6H6O3.C5H8O3/c7-1-3(9)5(11)6(12)4(10)2-8;7-3-5-1-2-6(4-8)9-5;1-4(6)2-3-5(7)8/h3,5-9,11-12H,1-2H2;1-3,8H,4H2;2-3H2,1H3,(H,7,8). The van der Waals surface area contributed by atoms with Gasteiger partial charge in [-0.25, -0.2) is 0 Å². The Morgan fingerprint density at radius 2 is 1.66 bits per heavy atom. The lowest BCUT2D eigenvalue weighted by Gasteiger charge is -2.19. The average Bonchev–Trinajstić information content (AvgIpc) is 3.19. The maximum absolute atomic E-state index is 10.5. The van der Waals surface area contributed by atoms with Crippen molar-refractivity contribution in [1.82, 2.24) is 0 Å². The van der Waals surface area contributed by atoms with Gasteiger partial charge in [0.05, 0.1) is 13.0 Å². The van der Waals surface area contributed by atoms with Gasteiger partial charge in [-0.05, 0) is 19.1 Å². The van der Waals surface area contributed by atoms with Crippen LogP contribution in [-0.2, 0) is 21.0 Å². The molecule has 12 nitrogen and oxygen atoms in total.